The molecule has 0 bridgehead atoms. The highest BCUT2D eigenvalue weighted by molar-refractivity contribution is 6.06. The van der Waals surface area contributed by atoms with Gasteiger partial charge in [0.2, 0.25) is 6.10 Å². The van der Waals surface area contributed by atoms with Gasteiger partial charge in [-0.15, -0.1) is 0 Å². The van der Waals surface area contributed by atoms with E-state index in [1.807, 2.05) is 37.3 Å². The predicted molar refractivity (Wildman–Crippen MR) is 99.4 cm³/mol. The second-order valence-electron chi connectivity index (χ2n) is 6.22. The number of nitrogens with zero attached hydrogens (tertiary/aromatic N) is 3. The van der Waals surface area contributed by atoms with Gasteiger partial charge in [0.05, 0.1) is 17.1 Å². The highest BCUT2D eigenvalue weighted by Gasteiger charge is 2.30. The van der Waals surface area contributed by atoms with Gasteiger partial charge in [-0.3, -0.25) is 4.79 Å². The van der Waals surface area contributed by atoms with E-state index >= 15 is 0 Å². The maximum Gasteiger partial charge on any atom is 0.269 e. The number of para-hydroxylation sites is 1. The molecule has 1 aromatic heterocycles. The Kier molecular flexibility index (Phi) is 4.42. The molecule has 0 saturated carbocycles. The van der Waals surface area contributed by atoms with E-state index in [0.717, 1.165) is 11.4 Å². The lowest BCUT2D eigenvalue weighted by Crippen LogP contribution is -2.29. The number of aromatic nitrogens is 2. The first kappa shape index (κ1) is 17.0. The Morgan fingerprint density at radius 1 is 1.19 bits per heavy atom. The number of carbonyl (C=O) groups excluding carboxylic acids is 1. The van der Waals surface area contributed by atoms with Crippen LogP contribution in [-0.2, 0) is 9.63 Å². The smallest absolute Gasteiger partial charge is 0.269 e. The molecule has 2 aromatic carbocycles. The first-order chi connectivity index (χ1) is 13.1. The molecule has 0 spiro atoms. The quantitative estimate of drug-likeness (QED) is 0.771. The summed E-state index contributed by atoms with van der Waals surface area (Å²) in [6.45, 7) is 1.85. The summed E-state index contributed by atoms with van der Waals surface area (Å²) in [7, 11) is 0. The normalized spacial score (nSPS) is 15.9. The fourth-order valence-corrected chi connectivity index (χ4v) is 2.93. The number of nitrogens with one attached hydrogen (secondary N) is 1. The summed E-state index contributed by atoms with van der Waals surface area (Å²) in [5.74, 6) is -0.215. The van der Waals surface area contributed by atoms with E-state index in [4.69, 9.17) is 4.84 Å². The molecular weight excluding hydrogens is 347 g/mol. The van der Waals surface area contributed by atoms with Crippen molar-refractivity contribution >= 4 is 17.4 Å². The van der Waals surface area contributed by atoms with E-state index in [2.05, 4.69) is 15.6 Å². The van der Waals surface area contributed by atoms with E-state index in [-0.39, 0.29) is 12.3 Å². The number of rotatable bonds is 4. The molecule has 0 saturated heterocycles. The lowest BCUT2D eigenvalue weighted by Gasteiger charge is -2.11. The Labute approximate surface area is 155 Å². The van der Waals surface area contributed by atoms with Gasteiger partial charge >= 0.3 is 0 Å². The van der Waals surface area contributed by atoms with Crippen molar-refractivity contribution in [3.63, 3.8) is 0 Å². The third-order valence-electron chi connectivity index (χ3n) is 4.23. The van der Waals surface area contributed by atoms with Crippen LogP contribution >= 0.6 is 0 Å². The van der Waals surface area contributed by atoms with Crippen LogP contribution in [0.25, 0.3) is 5.69 Å². The summed E-state index contributed by atoms with van der Waals surface area (Å²) in [5.41, 5.74) is 2.36. The fraction of sp³-hybridized carbons (Fsp3) is 0.150. The second-order valence-corrected chi connectivity index (χ2v) is 6.22. The molecule has 2 heterocycles. The molecular formula is C20H17FN4O2. The van der Waals surface area contributed by atoms with Crippen molar-refractivity contribution < 1.29 is 14.0 Å². The molecule has 27 heavy (non-hydrogen) atoms. The van der Waals surface area contributed by atoms with Gasteiger partial charge in [0.15, 0.2) is 0 Å². The van der Waals surface area contributed by atoms with Crippen molar-refractivity contribution in [1.82, 2.24) is 9.78 Å². The number of hydrogen-bond acceptors (Lipinski definition) is 4. The Morgan fingerprint density at radius 2 is 1.93 bits per heavy atom. The van der Waals surface area contributed by atoms with Gasteiger partial charge in [0.1, 0.15) is 11.6 Å². The first-order valence-corrected chi connectivity index (χ1v) is 8.52. The van der Waals surface area contributed by atoms with Gasteiger partial charge in [-0.1, -0.05) is 41.6 Å². The van der Waals surface area contributed by atoms with Crippen molar-refractivity contribution in [1.29, 1.82) is 0 Å². The average Bonchev–Trinajstić information content (AvgIpc) is 3.30. The van der Waals surface area contributed by atoms with E-state index in [0.29, 0.717) is 17.1 Å². The highest BCUT2D eigenvalue weighted by atomic mass is 19.1. The Hall–Kier alpha value is -3.48. The SMILES string of the molecule is Cc1cc(NC(=O)C2CC(c3ccccc3F)=NO2)n(-c2ccccc2)n1. The van der Waals surface area contributed by atoms with Gasteiger partial charge in [-0.25, -0.2) is 9.07 Å². The molecule has 0 radical (unpaired) electrons. The predicted octanol–water partition coefficient (Wildman–Crippen LogP) is 3.45. The van der Waals surface area contributed by atoms with Gasteiger partial charge in [-0.2, -0.15) is 5.10 Å². The molecule has 3 aromatic rings. The molecule has 1 atom stereocenters. The molecule has 1 aliphatic rings. The van der Waals surface area contributed by atoms with Crippen LogP contribution in [0.5, 0.6) is 0 Å². The molecule has 0 fully saturated rings. The van der Waals surface area contributed by atoms with Crippen LogP contribution < -0.4 is 5.32 Å². The molecule has 7 heteroatoms. The van der Waals surface area contributed by atoms with Crippen LogP contribution in [0.3, 0.4) is 0 Å². The lowest BCUT2D eigenvalue weighted by molar-refractivity contribution is -0.125. The number of carbonyl (C=O) groups is 1. The molecule has 4 rings (SSSR count). The third-order valence-corrected chi connectivity index (χ3v) is 4.23. The number of anilines is 1. The van der Waals surface area contributed by atoms with E-state index < -0.39 is 11.9 Å². The van der Waals surface area contributed by atoms with Gasteiger partial charge in [0, 0.05) is 18.1 Å². The third kappa shape index (κ3) is 3.44. The van der Waals surface area contributed by atoms with Crippen LogP contribution in [0, 0.1) is 12.7 Å². The van der Waals surface area contributed by atoms with Crippen molar-refractivity contribution in [2.45, 2.75) is 19.4 Å². The van der Waals surface area contributed by atoms with Crippen molar-refractivity contribution in [2.24, 2.45) is 5.16 Å². The molecule has 1 N–H and O–H groups in total. The summed E-state index contributed by atoms with van der Waals surface area (Å²) in [4.78, 5) is 17.9. The van der Waals surface area contributed by atoms with Crippen LogP contribution in [0.2, 0.25) is 0 Å². The number of halogens is 1. The molecule has 136 valence electrons. The first-order valence-electron chi connectivity index (χ1n) is 8.52. The summed E-state index contributed by atoms with van der Waals surface area (Å²) >= 11 is 0. The number of aryl methyl sites for hydroxylation is 1. The number of hydrogen-bond donors (Lipinski definition) is 1. The lowest BCUT2D eigenvalue weighted by atomic mass is 10.0. The minimum atomic E-state index is -0.820. The minimum Gasteiger partial charge on any atom is -0.382 e. The zero-order valence-electron chi connectivity index (χ0n) is 14.6. The Morgan fingerprint density at radius 3 is 2.70 bits per heavy atom. The van der Waals surface area contributed by atoms with Gasteiger partial charge < -0.3 is 10.2 Å². The molecule has 1 aliphatic heterocycles. The van der Waals surface area contributed by atoms with Gasteiger partial charge in [0.25, 0.3) is 5.91 Å². The van der Waals surface area contributed by atoms with E-state index in [9.17, 15) is 9.18 Å². The largest absolute Gasteiger partial charge is 0.382 e. The second kappa shape index (κ2) is 7.03. The molecule has 1 unspecified atom stereocenters. The van der Waals surface area contributed by atoms with Crippen LogP contribution in [-0.4, -0.2) is 27.5 Å². The van der Waals surface area contributed by atoms with Crippen molar-refractivity contribution in [2.75, 3.05) is 5.32 Å². The van der Waals surface area contributed by atoms with Crippen molar-refractivity contribution in [3.8, 4) is 5.69 Å². The van der Waals surface area contributed by atoms with Gasteiger partial charge in [-0.05, 0) is 25.1 Å². The summed E-state index contributed by atoms with van der Waals surface area (Å²) < 4.78 is 15.6. The average molecular weight is 364 g/mol. The highest BCUT2D eigenvalue weighted by Crippen LogP contribution is 2.22. The van der Waals surface area contributed by atoms with Crippen LogP contribution in [0.4, 0.5) is 10.2 Å². The summed E-state index contributed by atoms with van der Waals surface area (Å²) in [6, 6.07) is 17.6. The van der Waals surface area contributed by atoms with E-state index in [1.54, 1.807) is 28.9 Å². The zero-order chi connectivity index (χ0) is 18.8. The number of benzene rings is 2. The Balaban J connectivity index is 1.49. The molecule has 0 aliphatic carbocycles. The van der Waals surface area contributed by atoms with Crippen LogP contribution in [0.1, 0.15) is 17.7 Å². The van der Waals surface area contributed by atoms with Crippen molar-refractivity contribution in [3.05, 3.63) is 77.7 Å². The molecule has 1 amide bonds. The topological polar surface area (TPSA) is 68.5 Å². The number of amides is 1. The Bertz CT molecular complexity index is 1010. The summed E-state index contributed by atoms with van der Waals surface area (Å²) in [6.07, 6.45) is -0.621. The zero-order valence-corrected chi connectivity index (χ0v) is 14.6. The monoisotopic (exact) mass is 364 g/mol. The standard InChI is InChI=1S/C20H17FN4O2/c1-13-11-19(25(23-13)14-7-3-2-4-8-14)22-20(26)18-12-17(24-27-18)15-9-5-6-10-16(15)21/h2-11,18H,12H2,1H3,(H,22,26). The summed E-state index contributed by atoms with van der Waals surface area (Å²) in [5, 5.41) is 11.1. The van der Waals surface area contributed by atoms with E-state index in [1.165, 1.54) is 6.07 Å². The maximum absolute atomic E-state index is 13.9. The maximum atomic E-state index is 13.9. The number of oxime groups is 1. The minimum absolute atomic E-state index is 0.200. The van der Waals surface area contributed by atoms with Crippen LogP contribution in [0.15, 0.2) is 65.8 Å². The molecule has 6 nitrogen and oxygen atoms in total. The fourth-order valence-electron chi connectivity index (χ4n) is 2.93.